The van der Waals surface area contributed by atoms with E-state index in [1.165, 1.54) is 0 Å². The summed E-state index contributed by atoms with van der Waals surface area (Å²) in [6.45, 7) is 4.03. The minimum Gasteiger partial charge on any atom is -0.490 e. The number of hydrogen-bond donors (Lipinski definition) is 1. The number of carboxylic acids is 1. The van der Waals surface area contributed by atoms with Crippen molar-refractivity contribution in [1.29, 1.82) is 0 Å². The summed E-state index contributed by atoms with van der Waals surface area (Å²) in [4.78, 5) is 11.4. The number of rotatable bonds is 6. The molecule has 3 heteroatoms. The largest absolute Gasteiger partial charge is 0.490 e. The average Bonchev–Trinajstić information content (AvgIpc) is 2.52. The van der Waals surface area contributed by atoms with Crippen LogP contribution in [0.3, 0.4) is 0 Å². The maximum Gasteiger partial charge on any atom is 0.336 e. The van der Waals surface area contributed by atoms with E-state index in [0.29, 0.717) is 12.2 Å². The van der Waals surface area contributed by atoms with Crippen LogP contribution in [-0.4, -0.2) is 17.7 Å². The number of benzene rings is 2. The second kappa shape index (κ2) is 7.10. The number of carbonyl (C=O) groups is 1. The normalized spacial score (nSPS) is 11.0. The predicted octanol–water partition coefficient (Wildman–Crippen LogP) is 3.88. The molecule has 0 saturated carbocycles. The van der Waals surface area contributed by atoms with Crippen LogP contribution in [0.2, 0.25) is 0 Å². The molecule has 0 saturated heterocycles. The molecule has 0 heterocycles. The van der Waals surface area contributed by atoms with E-state index in [9.17, 15) is 9.90 Å². The molecule has 0 fully saturated rings. The van der Waals surface area contributed by atoms with Gasteiger partial charge in [-0.25, -0.2) is 4.79 Å². The van der Waals surface area contributed by atoms with Gasteiger partial charge in [0.15, 0.2) is 0 Å². The smallest absolute Gasteiger partial charge is 0.336 e. The lowest BCUT2D eigenvalue weighted by Gasteiger charge is -2.05. The minimum absolute atomic E-state index is 0.260. The number of carboxylic acid groups (broad SMARTS) is 1. The average molecular weight is 280 g/mol. The van der Waals surface area contributed by atoms with Crippen molar-refractivity contribution in [3.8, 4) is 5.75 Å². The molecule has 0 radical (unpaired) electrons. The third-order valence-corrected chi connectivity index (χ3v) is 2.87. The lowest BCUT2D eigenvalue weighted by Crippen LogP contribution is -1.99. The molecule has 0 aliphatic carbocycles. The van der Waals surface area contributed by atoms with E-state index < -0.39 is 5.97 Å². The van der Waals surface area contributed by atoms with E-state index in [1.807, 2.05) is 30.3 Å². The molecule has 0 unspecified atom stereocenters. The third-order valence-electron chi connectivity index (χ3n) is 2.87. The Morgan fingerprint density at radius 2 is 1.76 bits per heavy atom. The molecule has 0 aliphatic heterocycles. The van der Waals surface area contributed by atoms with Crippen LogP contribution in [0.5, 0.6) is 5.75 Å². The first-order chi connectivity index (χ1) is 10.2. The van der Waals surface area contributed by atoms with Gasteiger partial charge >= 0.3 is 5.97 Å². The van der Waals surface area contributed by atoms with Crippen LogP contribution in [0.25, 0.3) is 11.6 Å². The Hall–Kier alpha value is -2.81. The highest BCUT2D eigenvalue weighted by molar-refractivity contribution is 6.20. The molecule has 2 aromatic rings. The second-order valence-electron chi connectivity index (χ2n) is 4.40. The second-order valence-corrected chi connectivity index (χ2v) is 4.40. The summed E-state index contributed by atoms with van der Waals surface area (Å²) >= 11 is 0. The van der Waals surface area contributed by atoms with Crippen molar-refractivity contribution in [3.63, 3.8) is 0 Å². The van der Waals surface area contributed by atoms with Gasteiger partial charge in [0.1, 0.15) is 12.4 Å². The van der Waals surface area contributed by atoms with Crippen molar-refractivity contribution >= 4 is 17.6 Å². The van der Waals surface area contributed by atoms with Gasteiger partial charge in [0.25, 0.3) is 0 Å². The van der Waals surface area contributed by atoms with Gasteiger partial charge in [-0.1, -0.05) is 55.1 Å². The molecular weight excluding hydrogens is 264 g/mol. The first-order valence-corrected chi connectivity index (χ1v) is 6.55. The van der Waals surface area contributed by atoms with Crippen LogP contribution in [0.4, 0.5) is 0 Å². The molecular formula is C18H16O3. The molecule has 0 amide bonds. The van der Waals surface area contributed by atoms with Gasteiger partial charge in [-0.15, -0.1) is 0 Å². The number of ether oxygens (including phenoxy) is 1. The summed E-state index contributed by atoms with van der Waals surface area (Å²) < 4.78 is 5.39. The van der Waals surface area contributed by atoms with E-state index in [-0.39, 0.29) is 5.57 Å². The minimum atomic E-state index is -0.951. The fourth-order valence-electron chi connectivity index (χ4n) is 1.87. The Kier molecular flexibility index (Phi) is 4.94. The topological polar surface area (TPSA) is 46.5 Å². The van der Waals surface area contributed by atoms with Crippen molar-refractivity contribution in [2.45, 2.75) is 0 Å². The highest BCUT2D eigenvalue weighted by Crippen LogP contribution is 2.20. The Bertz CT molecular complexity index is 640. The fraction of sp³-hybridized carbons (Fsp3) is 0.0556. The molecule has 2 rings (SSSR count). The molecule has 0 bridgehead atoms. The van der Waals surface area contributed by atoms with Crippen LogP contribution < -0.4 is 4.74 Å². The third kappa shape index (κ3) is 4.08. The highest BCUT2D eigenvalue weighted by atomic mass is 16.5. The summed E-state index contributed by atoms with van der Waals surface area (Å²) in [6.07, 6.45) is 3.32. The zero-order valence-electron chi connectivity index (χ0n) is 11.5. The summed E-state index contributed by atoms with van der Waals surface area (Å²) in [5.41, 5.74) is 1.74. The molecule has 1 N–H and O–H groups in total. The lowest BCUT2D eigenvalue weighted by molar-refractivity contribution is -0.130. The Balaban J connectivity index is 2.26. The Morgan fingerprint density at radius 3 is 2.33 bits per heavy atom. The van der Waals surface area contributed by atoms with Gasteiger partial charge in [-0.2, -0.15) is 0 Å². The van der Waals surface area contributed by atoms with Crippen LogP contribution in [-0.2, 0) is 4.79 Å². The molecule has 0 aromatic heterocycles. The first kappa shape index (κ1) is 14.6. The molecule has 3 nitrogen and oxygen atoms in total. The standard InChI is InChI=1S/C18H16O3/c1-2-12-21-16-10-8-14(9-11-16)13-17(18(19)20)15-6-4-3-5-7-15/h2-11,13H,1,12H2,(H,19,20)/b17-13-. The van der Waals surface area contributed by atoms with Crippen molar-refractivity contribution in [2.75, 3.05) is 6.61 Å². The monoisotopic (exact) mass is 280 g/mol. The summed E-state index contributed by atoms with van der Waals surface area (Å²) in [7, 11) is 0. The van der Waals surface area contributed by atoms with Gasteiger partial charge in [0.2, 0.25) is 0 Å². The lowest BCUT2D eigenvalue weighted by atomic mass is 10.0. The van der Waals surface area contributed by atoms with E-state index >= 15 is 0 Å². The first-order valence-electron chi connectivity index (χ1n) is 6.55. The molecule has 21 heavy (non-hydrogen) atoms. The highest BCUT2D eigenvalue weighted by Gasteiger charge is 2.09. The quantitative estimate of drug-likeness (QED) is 0.496. The maximum atomic E-state index is 11.4. The molecule has 2 aromatic carbocycles. The fourth-order valence-corrected chi connectivity index (χ4v) is 1.87. The number of aliphatic carboxylic acids is 1. The van der Waals surface area contributed by atoms with E-state index in [0.717, 1.165) is 11.3 Å². The predicted molar refractivity (Wildman–Crippen MR) is 84.1 cm³/mol. The zero-order chi connectivity index (χ0) is 15.1. The molecule has 106 valence electrons. The summed E-state index contributed by atoms with van der Waals surface area (Å²) in [5.74, 6) is -0.225. The Morgan fingerprint density at radius 1 is 1.10 bits per heavy atom. The van der Waals surface area contributed by atoms with Gasteiger partial charge < -0.3 is 9.84 Å². The summed E-state index contributed by atoms with van der Waals surface area (Å²) in [6, 6.07) is 16.3. The van der Waals surface area contributed by atoms with E-state index in [1.54, 1.807) is 36.4 Å². The molecule has 0 aliphatic rings. The van der Waals surface area contributed by atoms with Gasteiger partial charge in [-0.3, -0.25) is 0 Å². The van der Waals surface area contributed by atoms with E-state index in [2.05, 4.69) is 6.58 Å². The van der Waals surface area contributed by atoms with Gasteiger partial charge in [0.05, 0.1) is 5.57 Å². The zero-order valence-corrected chi connectivity index (χ0v) is 11.5. The van der Waals surface area contributed by atoms with Crippen molar-refractivity contribution in [1.82, 2.24) is 0 Å². The van der Waals surface area contributed by atoms with Crippen molar-refractivity contribution in [3.05, 3.63) is 78.4 Å². The van der Waals surface area contributed by atoms with Crippen LogP contribution in [0.1, 0.15) is 11.1 Å². The van der Waals surface area contributed by atoms with Crippen molar-refractivity contribution < 1.29 is 14.6 Å². The van der Waals surface area contributed by atoms with Gasteiger partial charge in [-0.05, 0) is 29.3 Å². The maximum absolute atomic E-state index is 11.4. The Labute approximate surface area is 123 Å². The molecule has 0 spiro atoms. The van der Waals surface area contributed by atoms with Crippen LogP contribution in [0.15, 0.2) is 67.3 Å². The number of hydrogen-bond acceptors (Lipinski definition) is 2. The SMILES string of the molecule is C=CCOc1ccc(/C=C(\C(=O)O)c2ccccc2)cc1. The van der Waals surface area contributed by atoms with Crippen LogP contribution >= 0.6 is 0 Å². The van der Waals surface area contributed by atoms with Gasteiger partial charge in [0, 0.05) is 0 Å². The van der Waals surface area contributed by atoms with Crippen LogP contribution in [0, 0.1) is 0 Å². The summed E-state index contributed by atoms with van der Waals surface area (Å²) in [5, 5.41) is 9.35. The molecule has 0 atom stereocenters. The van der Waals surface area contributed by atoms with Crippen molar-refractivity contribution in [2.24, 2.45) is 0 Å². The van der Waals surface area contributed by atoms with E-state index in [4.69, 9.17) is 4.74 Å².